The number of nitrogens with one attached hydrogen (secondary N) is 2. The van der Waals surface area contributed by atoms with Crippen LogP contribution in [0.2, 0.25) is 0 Å². The van der Waals surface area contributed by atoms with E-state index >= 15 is 4.39 Å². The van der Waals surface area contributed by atoms with Crippen LogP contribution in [0.25, 0.3) is 11.1 Å². The molecule has 3 rings (SSSR count). The van der Waals surface area contributed by atoms with Gasteiger partial charge in [0.05, 0.1) is 4.90 Å². The number of rotatable bonds is 15. The summed E-state index contributed by atoms with van der Waals surface area (Å²) < 4.78 is 42.9. The van der Waals surface area contributed by atoms with Gasteiger partial charge in [-0.15, -0.1) is 0 Å². The molecule has 2 atom stereocenters. The van der Waals surface area contributed by atoms with E-state index in [2.05, 4.69) is 17.9 Å². The van der Waals surface area contributed by atoms with Crippen molar-refractivity contribution in [1.29, 1.82) is 0 Å². The topological polar surface area (TPSA) is 133 Å². The van der Waals surface area contributed by atoms with Gasteiger partial charge in [-0.25, -0.2) is 17.5 Å². The van der Waals surface area contributed by atoms with Gasteiger partial charge < -0.3 is 15.3 Å². The van der Waals surface area contributed by atoms with Gasteiger partial charge in [-0.3, -0.25) is 14.4 Å². The number of nitrogens with zero attached hydrogens (tertiary/aromatic N) is 1. The second kappa shape index (κ2) is 16.4. The highest BCUT2D eigenvalue weighted by Gasteiger charge is 2.24. The molecule has 3 aromatic rings. The van der Waals surface area contributed by atoms with Gasteiger partial charge in [0.25, 0.3) is 15.9 Å². The van der Waals surface area contributed by atoms with Crippen LogP contribution in [0.1, 0.15) is 44.2 Å². The van der Waals surface area contributed by atoms with Crippen LogP contribution in [-0.4, -0.2) is 60.6 Å². The van der Waals surface area contributed by atoms with Crippen molar-refractivity contribution in [3.8, 4) is 11.1 Å². The van der Waals surface area contributed by atoms with E-state index in [9.17, 15) is 27.9 Å². The Kier molecular flexibility index (Phi) is 12.9. The van der Waals surface area contributed by atoms with E-state index in [1.807, 2.05) is 42.0 Å². The summed E-state index contributed by atoms with van der Waals surface area (Å²) >= 11 is 4.56. The number of carbonyl (C=O) groups excluding carboxylic acids is 3. The highest BCUT2D eigenvalue weighted by Crippen LogP contribution is 2.29. The highest BCUT2D eigenvalue weighted by atomic mass is 32.2. The summed E-state index contributed by atoms with van der Waals surface area (Å²) in [6.45, 7) is 3.36. The number of carbonyl (C=O) groups is 3. The summed E-state index contributed by atoms with van der Waals surface area (Å²) in [5.74, 6) is -2.22. The van der Waals surface area contributed by atoms with Gasteiger partial charge in [0.1, 0.15) is 11.9 Å². The first-order chi connectivity index (χ1) is 20.9. The first-order valence-corrected chi connectivity index (χ1v) is 16.3. The molecule has 44 heavy (non-hydrogen) atoms. The molecule has 0 aromatic heterocycles. The molecule has 3 aromatic carbocycles. The zero-order chi connectivity index (χ0) is 32.3. The third kappa shape index (κ3) is 10.2. The lowest BCUT2D eigenvalue weighted by molar-refractivity contribution is -0.132. The van der Waals surface area contributed by atoms with Crippen molar-refractivity contribution in [3.63, 3.8) is 0 Å². The summed E-state index contributed by atoms with van der Waals surface area (Å²) in [4.78, 5) is 38.5. The lowest BCUT2D eigenvalue weighted by atomic mass is 10.0. The molecule has 12 heteroatoms. The fourth-order valence-corrected chi connectivity index (χ4v) is 6.02. The van der Waals surface area contributed by atoms with Gasteiger partial charge >= 0.3 is 0 Å². The fourth-order valence-electron chi connectivity index (χ4n) is 4.44. The minimum Gasteiger partial charge on any atom is -0.384 e. The van der Waals surface area contributed by atoms with Crippen molar-refractivity contribution in [3.05, 3.63) is 89.7 Å². The monoisotopic (exact) mass is 643 g/mol. The van der Waals surface area contributed by atoms with Crippen molar-refractivity contribution in [2.45, 2.75) is 62.3 Å². The normalized spacial score (nSPS) is 12.7. The van der Waals surface area contributed by atoms with E-state index in [-0.39, 0.29) is 64.6 Å². The minimum absolute atomic E-state index is 0.0321. The lowest BCUT2D eigenvalue weighted by Gasteiger charge is -2.23. The van der Waals surface area contributed by atoms with Gasteiger partial charge in [-0.1, -0.05) is 67.6 Å². The Morgan fingerprint density at radius 1 is 1.00 bits per heavy atom. The molecule has 236 valence electrons. The molecule has 0 aliphatic carbocycles. The Labute approximate surface area is 263 Å². The largest absolute Gasteiger partial charge is 0.384 e. The van der Waals surface area contributed by atoms with Crippen molar-refractivity contribution in [2.24, 2.45) is 0 Å². The summed E-state index contributed by atoms with van der Waals surface area (Å²) in [6.07, 6.45) is -0.00310. The minimum atomic E-state index is -4.36. The first kappa shape index (κ1) is 34.7. The molecule has 0 aliphatic heterocycles. The maximum atomic E-state index is 15.4. The number of amides is 3. The van der Waals surface area contributed by atoms with Crippen LogP contribution in [0.15, 0.2) is 77.7 Å². The fraction of sp³-hybridized carbons (Fsp3) is 0.344. The number of hydrogen-bond donors (Lipinski definition) is 4. The molecule has 0 aliphatic rings. The number of thiol groups is 1. The van der Waals surface area contributed by atoms with Crippen LogP contribution in [-0.2, 0) is 37.4 Å². The van der Waals surface area contributed by atoms with Crippen LogP contribution in [0.3, 0.4) is 0 Å². The summed E-state index contributed by atoms with van der Waals surface area (Å²) in [5.41, 5.74) is 1.69. The van der Waals surface area contributed by atoms with Gasteiger partial charge in [0.15, 0.2) is 0 Å². The number of halogens is 1. The molecule has 0 fully saturated rings. The number of sulfonamides is 1. The maximum absolute atomic E-state index is 15.4. The third-order valence-corrected chi connectivity index (χ3v) is 8.56. The Morgan fingerprint density at radius 2 is 1.68 bits per heavy atom. The van der Waals surface area contributed by atoms with Crippen LogP contribution < -0.4 is 10.0 Å². The molecule has 0 heterocycles. The van der Waals surface area contributed by atoms with E-state index in [1.165, 1.54) is 35.2 Å². The molecule has 0 radical (unpaired) electrons. The van der Waals surface area contributed by atoms with Crippen molar-refractivity contribution >= 4 is 40.4 Å². The Hall–Kier alpha value is -3.74. The van der Waals surface area contributed by atoms with E-state index < -0.39 is 27.9 Å². The molecule has 3 N–H and O–H groups in total. The molecule has 0 saturated heterocycles. The predicted molar refractivity (Wildman–Crippen MR) is 170 cm³/mol. The molecule has 9 nitrogen and oxygen atoms in total. The molecule has 0 spiro atoms. The first-order valence-electron chi connectivity index (χ1n) is 14.3. The Morgan fingerprint density at radius 3 is 2.34 bits per heavy atom. The molecule has 3 amide bonds. The standard InChI is InChI=1S/C32H38FN3O6S2/c1-3-9-31(39)36(17-16-30(38)34-20-26(43)18-23-10-5-4-6-11-23)21-25-15-14-24(19-28(25)33)27-12-7-8-13-29(27)44(41,42)35-32(40)22(2)37/h4-8,10-15,19,22,26,37,43H,3,9,16-18,20-21H2,1-2H3,(H,34,38)(H,35,40)/t22-,26-/m0/s1. The van der Waals surface area contributed by atoms with Crippen LogP contribution >= 0.6 is 12.6 Å². The van der Waals surface area contributed by atoms with Crippen molar-refractivity contribution in [2.75, 3.05) is 13.1 Å². The Bertz CT molecular complexity index is 1550. The zero-order valence-corrected chi connectivity index (χ0v) is 26.4. The zero-order valence-electron chi connectivity index (χ0n) is 24.7. The quantitative estimate of drug-likeness (QED) is 0.186. The average Bonchev–Trinajstić information content (AvgIpc) is 2.99. The third-order valence-electron chi connectivity index (χ3n) is 6.79. The van der Waals surface area contributed by atoms with Gasteiger partial charge in [-0.05, 0) is 43.0 Å². The van der Waals surface area contributed by atoms with Gasteiger partial charge in [0, 0.05) is 48.9 Å². The smallest absolute Gasteiger partial charge is 0.264 e. The van der Waals surface area contributed by atoms with E-state index in [1.54, 1.807) is 6.07 Å². The highest BCUT2D eigenvalue weighted by molar-refractivity contribution is 7.90. The molecule has 0 unspecified atom stereocenters. The number of aliphatic hydroxyl groups excluding tert-OH is 1. The molecular formula is C32H38FN3O6S2. The average molecular weight is 644 g/mol. The van der Waals surface area contributed by atoms with Crippen LogP contribution in [0.5, 0.6) is 0 Å². The molecule has 0 bridgehead atoms. The van der Waals surface area contributed by atoms with Gasteiger partial charge in [0.2, 0.25) is 11.8 Å². The second-order valence-corrected chi connectivity index (χ2v) is 12.8. The van der Waals surface area contributed by atoms with Crippen molar-refractivity contribution < 1.29 is 32.3 Å². The molecule has 0 saturated carbocycles. The summed E-state index contributed by atoms with van der Waals surface area (Å²) in [7, 11) is -4.36. The number of aliphatic hydroxyl groups is 1. The van der Waals surface area contributed by atoms with Gasteiger partial charge in [-0.2, -0.15) is 12.6 Å². The van der Waals surface area contributed by atoms with Crippen LogP contribution in [0.4, 0.5) is 4.39 Å². The number of benzene rings is 3. The maximum Gasteiger partial charge on any atom is 0.264 e. The summed E-state index contributed by atoms with van der Waals surface area (Å²) in [5, 5.41) is 12.2. The number of hydrogen-bond acceptors (Lipinski definition) is 7. The SMILES string of the molecule is CCCC(=O)N(CCC(=O)NC[C@@H](S)Cc1ccccc1)Cc1ccc(-c2ccccc2S(=O)(=O)NC(=O)[C@H](C)O)cc1F. The Balaban J connectivity index is 1.70. The van der Waals surface area contributed by atoms with E-state index in [4.69, 9.17) is 0 Å². The van der Waals surface area contributed by atoms with E-state index in [0.29, 0.717) is 19.4 Å². The second-order valence-electron chi connectivity index (χ2n) is 10.4. The molecular weight excluding hydrogens is 605 g/mol. The summed E-state index contributed by atoms with van der Waals surface area (Å²) in [6, 6.07) is 19.7. The van der Waals surface area contributed by atoms with Crippen LogP contribution in [0, 0.1) is 5.82 Å². The predicted octanol–water partition coefficient (Wildman–Crippen LogP) is 3.85. The van der Waals surface area contributed by atoms with E-state index in [0.717, 1.165) is 18.6 Å². The lowest BCUT2D eigenvalue weighted by Crippen LogP contribution is -2.37. The van der Waals surface area contributed by atoms with Crippen molar-refractivity contribution in [1.82, 2.24) is 14.9 Å².